The molecule has 0 aliphatic carbocycles. The van der Waals surface area contributed by atoms with E-state index >= 15 is 0 Å². The Bertz CT molecular complexity index is 494. The highest BCUT2D eigenvalue weighted by Gasteiger charge is 2.24. The molecule has 2 amide bonds. The van der Waals surface area contributed by atoms with E-state index in [0.717, 1.165) is 6.42 Å². The molecular formula is C15H20N2O3. The molecule has 1 aliphatic heterocycles. The number of phenolic OH excluding ortho intramolecular Hbond substituents is 1. The zero-order valence-corrected chi connectivity index (χ0v) is 11.7. The molecule has 0 atom stereocenters. The second-order valence-corrected chi connectivity index (χ2v) is 4.97. The molecule has 1 N–H and O–H groups in total. The van der Waals surface area contributed by atoms with Crippen LogP contribution in [-0.4, -0.2) is 52.9 Å². The third-order valence-corrected chi connectivity index (χ3v) is 3.48. The fourth-order valence-corrected chi connectivity index (χ4v) is 2.35. The van der Waals surface area contributed by atoms with Crippen molar-refractivity contribution >= 4 is 11.8 Å². The number of nitrogens with zero attached hydrogens (tertiary/aromatic N) is 2. The predicted octanol–water partition coefficient (Wildman–Crippen LogP) is 1.48. The van der Waals surface area contributed by atoms with Gasteiger partial charge in [0.15, 0.2) is 0 Å². The van der Waals surface area contributed by atoms with E-state index in [1.165, 1.54) is 12.1 Å². The maximum atomic E-state index is 12.3. The van der Waals surface area contributed by atoms with Crippen molar-refractivity contribution < 1.29 is 14.7 Å². The molecule has 108 valence electrons. The number of phenols is 1. The van der Waals surface area contributed by atoms with Crippen molar-refractivity contribution in [1.29, 1.82) is 0 Å². The molecule has 5 heteroatoms. The molecule has 1 saturated heterocycles. The fourth-order valence-electron chi connectivity index (χ4n) is 2.35. The lowest BCUT2D eigenvalue weighted by Gasteiger charge is -2.34. The lowest BCUT2D eigenvalue weighted by Crippen LogP contribution is -2.50. The Morgan fingerprint density at radius 1 is 1.15 bits per heavy atom. The molecule has 2 rings (SSSR count). The van der Waals surface area contributed by atoms with Crippen LogP contribution in [0.25, 0.3) is 0 Å². The average molecular weight is 276 g/mol. The third kappa shape index (κ3) is 3.29. The van der Waals surface area contributed by atoms with Gasteiger partial charge < -0.3 is 14.9 Å². The summed E-state index contributed by atoms with van der Waals surface area (Å²) in [5.74, 6) is 0.160. The van der Waals surface area contributed by atoms with Gasteiger partial charge in [0.05, 0.1) is 0 Å². The van der Waals surface area contributed by atoms with Crippen LogP contribution >= 0.6 is 0 Å². The number of carbonyl (C=O) groups excluding carboxylic acids is 2. The highest BCUT2D eigenvalue weighted by molar-refractivity contribution is 5.94. The number of carbonyl (C=O) groups is 2. The lowest BCUT2D eigenvalue weighted by molar-refractivity contribution is -0.132. The smallest absolute Gasteiger partial charge is 0.254 e. The minimum absolute atomic E-state index is 0.0904. The normalized spacial score (nSPS) is 15.2. The SMILES string of the molecule is CCCC(=O)N1CCN(C(=O)c2cccc(O)c2)CC1. The van der Waals surface area contributed by atoms with E-state index in [4.69, 9.17) is 0 Å². The van der Waals surface area contributed by atoms with Crippen LogP contribution in [-0.2, 0) is 4.79 Å². The molecule has 20 heavy (non-hydrogen) atoms. The summed E-state index contributed by atoms with van der Waals surface area (Å²) in [7, 11) is 0. The highest BCUT2D eigenvalue weighted by Crippen LogP contribution is 2.14. The molecule has 1 aromatic carbocycles. The van der Waals surface area contributed by atoms with Crippen molar-refractivity contribution in [2.75, 3.05) is 26.2 Å². The van der Waals surface area contributed by atoms with Crippen LogP contribution in [0.1, 0.15) is 30.1 Å². The van der Waals surface area contributed by atoms with Gasteiger partial charge in [-0.1, -0.05) is 13.0 Å². The number of piperazine rings is 1. The Kier molecular flexibility index (Phi) is 4.61. The molecule has 0 saturated carbocycles. The number of benzene rings is 1. The average Bonchev–Trinajstić information content (AvgIpc) is 2.47. The van der Waals surface area contributed by atoms with Gasteiger partial charge in [-0.3, -0.25) is 9.59 Å². The second kappa shape index (κ2) is 6.41. The molecule has 1 heterocycles. The summed E-state index contributed by atoms with van der Waals surface area (Å²) in [5.41, 5.74) is 0.485. The maximum Gasteiger partial charge on any atom is 0.254 e. The van der Waals surface area contributed by atoms with Crippen LogP contribution < -0.4 is 0 Å². The van der Waals surface area contributed by atoms with E-state index in [0.29, 0.717) is 38.2 Å². The van der Waals surface area contributed by atoms with Crippen LogP contribution in [0.3, 0.4) is 0 Å². The molecule has 1 fully saturated rings. The number of rotatable bonds is 3. The quantitative estimate of drug-likeness (QED) is 0.909. The summed E-state index contributed by atoms with van der Waals surface area (Å²) in [4.78, 5) is 27.6. The number of aromatic hydroxyl groups is 1. The zero-order chi connectivity index (χ0) is 14.5. The summed E-state index contributed by atoms with van der Waals surface area (Å²) in [6.45, 7) is 4.25. The highest BCUT2D eigenvalue weighted by atomic mass is 16.3. The summed E-state index contributed by atoms with van der Waals surface area (Å²) < 4.78 is 0. The number of amides is 2. The molecule has 0 unspecified atom stereocenters. The third-order valence-electron chi connectivity index (χ3n) is 3.48. The molecular weight excluding hydrogens is 256 g/mol. The largest absolute Gasteiger partial charge is 0.508 e. The van der Waals surface area contributed by atoms with Crippen LogP contribution in [0.2, 0.25) is 0 Å². The van der Waals surface area contributed by atoms with Gasteiger partial charge >= 0.3 is 0 Å². The van der Waals surface area contributed by atoms with Crippen molar-refractivity contribution in [1.82, 2.24) is 9.80 Å². The Balaban J connectivity index is 1.93. The summed E-state index contributed by atoms with van der Waals surface area (Å²) in [5, 5.41) is 9.41. The van der Waals surface area contributed by atoms with E-state index in [2.05, 4.69) is 0 Å². The Labute approximate surface area is 118 Å². The number of hydrogen-bond donors (Lipinski definition) is 1. The molecule has 1 aromatic rings. The molecule has 0 bridgehead atoms. The first-order valence-corrected chi connectivity index (χ1v) is 6.98. The minimum Gasteiger partial charge on any atom is -0.508 e. The first kappa shape index (κ1) is 14.4. The minimum atomic E-state index is -0.0940. The summed E-state index contributed by atoms with van der Waals surface area (Å²) in [6.07, 6.45) is 1.42. The van der Waals surface area contributed by atoms with Gasteiger partial charge in [-0.2, -0.15) is 0 Å². The Hall–Kier alpha value is -2.04. The predicted molar refractivity (Wildman–Crippen MR) is 75.5 cm³/mol. The fraction of sp³-hybridized carbons (Fsp3) is 0.467. The van der Waals surface area contributed by atoms with Crippen molar-refractivity contribution in [3.63, 3.8) is 0 Å². The Morgan fingerprint density at radius 2 is 1.80 bits per heavy atom. The topological polar surface area (TPSA) is 60.9 Å². The van der Waals surface area contributed by atoms with E-state index < -0.39 is 0 Å². The van der Waals surface area contributed by atoms with Gasteiger partial charge in [0.1, 0.15) is 5.75 Å². The van der Waals surface area contributed by atoms with Gasteiger partial charge in [0.25, 0.3) is 5.91 Å². The van der Waals surface area contributed by atoms with E-state index in [9.17, 15) is 14.7 Å². The first-order valence-electron chi connectivity index (χ1n) is 6.98. The molecule has 5 nitrogen and oxygen atoms in total. The molecule has 0 radical (unpaired) electrons. The van der Waals surface area contributed by atoms with E-state index in [1.54, 1.807) is 17.0 Å². The zero-order valence-electron chi connectivity index (χ0n) is 11.7. The van der Waals surface area contributed by atoms with E-state index in [1.807, 2.05) is 11.8 Å². The van der Waals surface area contributed by atoms with Gasteiger partial charge in [-0.15, -0.1) is 0 Å². The van der Waals surface area contributed by atoms with Crippen LogP contribution in [0.15, 0.2) is 24.3 Å². The standard InChI is InChI=1S/C15H20N2O3/c1-2-4-14(19)16-7-9-17(10-8-16)15(20)12-5-3-6-13(18)11-12/h3,5-6,11,18H,2,4,7-10H2,1H3. The van der Waals surface area contributed by atoms with Crippen molar-refractivity contribution in [2.24, 2.45) is 0 Å². The van der Waals surface area contributed by atoms with Crippen molar-refractivity contribution in [3.05, 3.63) is 29.8 Å². The van der Waals surface area contributed by atoms with Gasteiger partial charge in [0, 0.05) is 38.2 Å². The van der Waals surface area contributed by atoms with Gasteiger partial charge in [-0.25, -0.2) is 0 Å². The lowest BCUT2D eigenvalue weighted by atomic mass is 10.1. The van der Waals surface area contributed by atoms with E-state index in [-0.39, 0.29) is 17.6 Å². The molecule has 0 spiro atoms. The van der Waals surface area contributed by atoms with Crippen LogP contribution in [0, 0.1) is 0 Å². The second-order valence-electron chi connectivity index (χ2n) is 4.97. The Morgan fingerprint density at radius 3 is 2.40 bits per heavy atom. The maximum absolute atomic E-state index is 12.3. The van der Waals surface area contributed by atoms with Crippen molar-refractivity contribution in [2.45, 2.75) is 19.8 Å². The molecule has 1 aliphatic rings. The first-order chi connectivity index (χ1) is 9.61. The van der Waals surface area contributed by atoms with Gasteiger partial charge in [-0.05, 0) is 24.6 Å². The van der Waals surface area contributed by atoms with Crippen LogP contribution in [0.4, 0.5) is 0 Å². The van der Waals surface area contributed by atoms with Crippen molar-refractivity contribution in [3.8, 4) is 5.75 Å². The monoisotopic (exact) mass is 276 g/mol. The molecule has 0 aromatic heterocycles. The summed E-state index contributed by atoms with van der Waals surface area (Å²) in [6, 6.07) is 6.36. The van der Waals surface area contributed by atoms with Crippen LogP contribution in [0.5, 0.6) is 5.75 Å². The summed E-state index contributed by atoms with van der Waals surface area (Å²) >= 11 is 0. The number of hydrogen-bond acceptors (Lipinski definition) is 3. The van der Waals surface area contributed by atoms with Gasteiger partial charge in [0.2, 0.25) is 5.91 Å².